The second kappa shape index (κ2) is 8.52. The molecule has 0 amide bonds. The van der Waals surface area contributed by atoms with Crippen molar-refractivity contribution in [1.82, 2.24) is 15.1 Å². The summed E-state index contributed by atoms with van der Waals surface area (Å²) in [4.78, 5) is 5.09. The monoisotopic (exact) mass is 289 g/mol. The zero-order valence-corrected chi connectivity index (χ0v) is 13.9. The van der Waals surface area contributed by atoms with Crippen molar-refractivity contribution < 1.29 is 0 Å². The molecule has 118 valence electrons. The van der Waals surface area contributed by atoms with Crippen LogP contribution in [0.3, 0.4) is 0 Å². The maximum absolute atomic E-state index is 3.54. The molecule has 0 saturated carbocycles. The molecule has 3 nitrogen and oxygen atoms in total. The Morgan fingerprint density at radius 1 is 1.24 bits per heavy atom. The van der Waals surface area contributed by atoms with Crippen LogP contribution in [0.25, 0.3) is 0 Å². The SMILES string of the molecule is CC(C)N(C)CCCCN1CCNCC1c1ccccc1. The van der Waals surface area contributed by atoms with Crippen molar-refractivity contribution in [3.8, 4) is 0 Å². The first-order valence-corrected chi connectivity index (χ1v) is 8.38. The lowest BCUT2D eigenvalue weighted by Crippen LogP contribution is -2.46. The molecule has 1 N–H and O–H groups in total. The third-order valence-electron chi connectivity index (χ3n) is 4.63. The van der Waals surface area contributed by atoms with Gasteiger partial charge in [0.1, 0.15) is 0 Å². The smallest absolute Gasteiger partial charge is 0.0473 e. The minimum absolute atomic E-state index is 0.544. The van der Waals surface area contributed by atoms with Gasteiger partial charge in [0.25, 0.3) is 0 Å². The van der Waals surface area contributed by atoms with E-state index in [-0.39, 0.29) is 0 Å². The van der Waals surface area contributed by atoms with Gasteiger partial charge in [0.2, 0.25) is 0 Å². The Hall–Kier alpha value is -0.900. The van der Waals surface area contributed by atoms with E-state index >= 15 is 0 Å². The van der Waals surface area contributed by atoms with Gasteiger partial charge >= 0.3 is 0 Å². The molecule has 0 aromatic heterocycles. The molecular weight excluding hydrogens is 258 g/mol. The molecule has 2 rings (SSSR count). The van der Waals surface area contributed by atoms with Crippen LogP contribution in [-0.2, 0) is 0 Å². The maximum atomic E-state index is 3.54. The van der Waals surface area contributed by atoms with Crippen molar-refractivity contribution in [2.75, 3.05) is 39.8 Å². The van der Waals surface area contributed by atoms with Crippen molar-refractivity contribution in [3.63, 3.8) is 0 Å². The summed E-state index contributed by atoms with van der Waals surface area (Å²) in [6.45, 7) is 10.3. The molecule has 1 fully saturated rings. The van der Waals surface area contributed by atoms with E-state index in [9.17, 15) is 0 Å². The third kappa shape index (κ3) is 5.10. The van der Waals surface area contributed by atoms with Crippen molar-refractivity contribution >= 4 is 0 Å². The Morgan fingerprint density at radius 3 is 2.71 bits per heavy atom. The molecule has 1 heterocycles. The summed E-state index contributed by atoms with van der Waals surface area (Å²) in [6, 6.07) is 12.1. The number of hydrogen-bond donors (Lipinski definition) is 1. The van der Waals surface area contributed by atoms with E-state index in [1.54, 1.807) is 0 Å². The van der Waals surface area contributed by atoms with E-state index < -0.39 is 0 Å². The van der Waals surface area contributed by atoms with Gasteiger partial charge in [-0.2, -0.15) is 0 Å². The van der Waals surface area contributed by atoms with Crippen LogP contribution < -0.4 is 5.32 Å². The summed E-state index contributed by atoms with van der Waals surface area (Å²) >= 11 is 0. The van der Waals surface area contributed by atoms with Crippen LogP contribution in [0.4, 0.5) is 0 Å². The average molecular weight is 289 g/mol. The largest absolute Gasteiger partial charge is 0.314 e. The number of nitrogens with one attached hydrogen (secondary N) is 1. The molecule has 1 saturated heterocycles. The Morgan fingerprint density at radius 2 is 2.00 bits per heavy atom. The number of rotatable bonds is 7. The van der Waals surface area contributed by atoms with Crippen LogP contribution in [-0.4, -0.2) is 55.6 Å². The molecule has 0 aliphatic carbocycles. The van der Waals surface area contributed by atoms with Crippen LogP contribution in [0.5, 0.6) is 0 Å². The van der Waals surface area contributed by atoms with Crippen molar-refractivity contribution in [2.24, 2.45) is 0 Å². The fraction of sp³-hybridized carbons (Fsp3) is 0.667. The highest BCUT2D eigenvalue weighted by Gasteiger charge is 2.22. The molecule has 1 atom stereocenters. The number of piperazine rings is 1. The van der Waals surface area contributed by atoms with Crippen LogP contribution in [0.15, 0.2) is 30.3 Å². The summed E-state index contributed by atoms with van der Waals surface area (Å²) in [5.74, 6) is 0. The Kier molecular flexibility index (Phi) is 6.68. The zero-order valence-electron chi connectivity index (χ0n) is 13.9. The molecule has 21 heavy (non-hydrogen) atoms. The lowest BCUT2D eigenvalue weighted by atomic mass is 10.0. The first-order chi connectivity index (χ1) is 10.2. The zero-order chi connectivity index (χ0) is 15.1. The minimum atomic E-state index is 0.544. The summed E-state index contributed by atoms with van der Waals surface area (Å²) in [5, 5.41) is 3.54. The quantitative estimate of drug-likeness (QED) is 0.779. The molecule has 1 unspecified atom stereocenters. The lowest BCUT2D eigenvalue weighted by molar-refractivity contribution is 0.155. The Labute approximate surface area is 130 Å². The molecule has 1 aliphatic heterocycles. The first kappa shape index (κ1) is 16.5. The predicted octanol–water partition coefficient (Wildman–Crippen LogP) is 2.75. The maximum Gasteiger partial charge on any atom is 0.0473 e. The van der Waals surface area contributed by atoms with Gasteiger partial charge in [0, 0.05) is 31.7 Å². The fourth-order valence-electron chi connectivity index (χ4n) is 2.95. The van der Waals surface area contributed by atoms with E-state index in [1.165, 1.54) is 38.0 Å². The van der Waals surface area contributed by atoms with Crippen molar-refractivity contribution in [1.29, 1.82) is 0 Å². The second-order valence-electron chi connectivity index (χ2n) is 6.45. The van der Waals surface area contributed by atoms with Gasteiger partial charge in [-0.15, -0.1) is 0 Å². The lowest BCUT2D eigenvalue weighted by Gasteiger charge is -2.36. The highest BCUT2D eigenvalue weighted by molar-refractivity contribution is 5.20. The van der Waals surface area contributed by atoms with E-state index in [0.29, 0.717) is 12.1 Å². The summed E-state index contributed by atoms with van der Waals surface area (Å²) in [5.41, 5.74) is 1.45. The number of hydrogen-bond acceptors (Lipinski definition) is 3. The molecule has 1 aromatic rings. The molecule has 1 aliphatic rings. The van der Waals surface area contributed by atoms with Crippen LogP contribution in [0, 0.1) is 0 Å². The number of benzene rings is 1. The molecule has 0 radical (unpaired) electrons. The van der Waals surface area contributed by atoms with Gasteiger partial charge in [-0.25, -0.2) is 0 Å². The summed E-state index contributed by atoms with van der Waals surface area (Å²) in [6.07, 6.45) is 2.58. The fourth-order valence-corrected chi connectivity index (χ4v) is 2.95. The average Bonchev–Trinajstić information content (AvgIpc) is 2.52. The van der Waals surface area contributed by atoms with Crippen molar-refractivity contribution in [2.45, 2.75) is 38.8 Å². The van der Waals surface area contributed by atoms with E-state index in [4.69, 9.17) is 0 Å². The first-order valence-electron chi connectivity index (χ1n) is 8.38. The highest BCUT2D eigenvalue weighted by atomic mass is 15.2. The second-order valence-corrected chi connectivity index (χ2v) is 6.45. The van der Waals surface area contributed by atoms with E-state index in [2.05, 4.69) is 66.3 Å². The topological polar surface area (TPSA) is 18.5 Å². The highest BCUT2D eigenvalue weighted by Crippen LogP contribution is 2.22. The van der Waals surface area contributed by atoms with Crippen LogP contribution in [0.1, 0.15) is 38.3 Å². The van der Waals surface area contributed by atoms with Gasteiger partial charge in [-0.3, -0.25) is 4.90 Å². The van der Waals surface area contributed by atoms with Gasteiger partial charge in [0.05, 0.1) is 0 Å². The molecular formula is C18H31N3. The standard InChI is InChI=1S/C18H31N3/c1-16(2)20(3)12-7-8-13-21-14-11-19-15-18(21)17-9-5-4-6-10-17/h4-6,9-10,16,18-19H,7-8,11-15H2,1-3H3. The van der Waals surface area contributed by atoms with Crippen LogP contribution >= 0.6 is 0 Å². The summed E-state index contributed by atoms with van der Waals surface area (Å²) < 4.78 is 0. The predicted molar refractivity (Wildman–Crippen MR) is 90.6 cm³/mol. The molecule has 0 bridgehead atoms. The normalized spacial score (nSPS) is 20.3. The molecule has 0 spiro atoms. The van der Waals surface area contributed by atoms with Crippen molar-refractivity contribution in [3.05, 3.63) is 35.9 Å². The summed E-state index contributed by atoms with van der Waals surface area (Å²) in [7, 11) is 2.22. The van der Waals surface area contributed by atoms with E-state index in [0.717, 1.165) is 13.1 Å². The van der Waals surface area contributed by atoms with Gasteiger partial charge in [-0.1, -0.05) is 30.3 Å². The van der Waals surface area contributed by atoms with E-state index in [1.807, 2.05) is 0 Å². The van der Waals surface area contributed by atoms with Crippen LogP contribution in [0.2, 0.25) is 0 Å². The minimum Gasteiger partial charge on any atom is -0.314 e. The van der Waals surface area contributed by atoms with Gasteiger partial charge in [-0.05, 0) is 52.4 Å². The van der Waals surface area contributed by atoms with Gasteiger partial charge in [0.15, 0.2) is 0 Å². The molecule has 3 heteroatoms. The number of nitrogens with zero attached hydrogens (tertiary/aromatic N) is 2. The van der Waals surface area contributed by atoms with Gasteiger partial charge < -0.3 is 10.2 Å². The molecule has 1 aromatic carbocycles. The number of unbranched alkanes of at least 4 members (excludes halogenated alkanes) is 1. The Balaban J connectivity index is 1.80. The Bertz CT molecular complexity index is 391. The third-order valence-corrected chi connectivity index (χ3v) is 4.63.